The van der Waals surface area contributed by atoms with Gasteiger partial charge in [0.05, 0.1) is 19.8 Å². The fourth-order valence-corrected chi connectivity index (χ4v) is 4.01. The van der Waals surface area contributed by atoms with Gasteiger partial charge >= 0.3 is 0 Å². The molecule has 2 aromatic rings. The summed E-state index contributed by atoms with van der Waals surface area (Å²) in [6, 6.07) is 16.7. The third kappa shape index (κ3) is 5.65. The van der Waals surface area contributed by atoms with E-state index in [1.54, 1.807) is 0 Å². The molecule has 0 radical (unpaired) electrons. The van der Waals surface area contributed by atoms with E-state index in [9.17, 15) is 0 Å². The lowest BCUT2D eigenvalue weighted by molar-refractivity contribution is 0.0342. The molecular weight excluding hydrogens is 398 g/mol. The molecule has 0 aromatic heterocycles. The second-order valence-corrected chi connectivity index (χ2v) is 8.27. The minimum Gasteiger partial charge on any atom is -0.379 e. The quantitative estimate of drug-likeness (QED) is 0.587. The van der Waals surface area contributed by atoms with E-state index in [0.29, 0.717) is 12.5 Å². The average molecular weight is 428 g/mol. The van der Waals surface area contributed by atoms with Crippen molar-refractivity contribution in [3.63, 3.8) is 0 Å². The monoisotopic (exact) mass is 427 g/mol. The molecule has 0 unspecified atom stereocenters. The molecule has 0 bridgehead atoms. The lowest BCUT2D eigenvalue weighted by atomic mass is 10.1. The second-order valence-electron chi connectivity index (χ2n) is 7.83. The molecule has 30 heavy (non-hydrogen) atoms. The number of anilines is 1. The van der Waals surface area contributed by atoms with Crippen LogP contribution in [0.2, 0.25) is 5.02 Å². The summed E-state index contributed by atoms with van der Waals surface area (Å²) in [5.74, 6) is 0.628. The third-order valence-electron chi connectivity index (χ3n) is 5.75. The second kappa shape index (κ2) is 10.2. The Balaban J connectivity index is 1.25. The topological polar surface area (TPSA) is 57.3 Å². The Bertz CT molecular complexity index is 826. The lowest BCUT2D eigenvalue weighted by Gasteiger charge is -2.36. The van der Waals surface area contributed by atoms with Crippen LogP contribution in [0.25, 0.3) is 0 Å². The van der Waals surface area contributed by atoms with Crippen molar-refractivity contribution in [3.05, 3.63) is 64.7 Å². The molecule has 2 heterocycles. The van der Waals surface area contributed by atoms with Gasteiger partial charge in [0.1, 0.15) is 0 Å². The Hall–Kier alpha value is -2.28. The van der Waals surface area contributed by atoms with Crippen LogP contribution >= 0.6 is 11.6 Å². The number of rotatable bonds is 5. The van der Waals surface area contributed by atoms with Crippen molar-refractivity contribution in [2.45, 2.75) is 13.1 Å². The maximum absolute atomic E-state index is 6.28. The molecule has 4 rings (SSSR count). The number of ether oxygens (including phenoxy) is 1. The van der Waals surface area contributed by atoms with Gasteiger partial charge in [-0.3, -0.25) is 4.90 Å². The van der Waals surface area contributed by atoms with E-state index in [1.807, 2.05) is 12.1 Å². The molecule has 160 valence electrons. The van der Waals surface area contributed by atoms with Gasteiger partial charge in [-0.15, -0.1) is 0 Å². The normalized spacial score (nSPS) is 18.6. The molecule has 2 aromatic carbocycles. The molecule has 0 atom stereocenters. The number of guanidine groups is 1. The molecule has 0 amide bonds. The Morgan fingerprint density at radius 3 is 2.17 bits per heavy atom. The van der Waals surface area contributed by atoms with Crippen molar-refractivity contribution >= 4 is 23.2 Å². The SMILES string of the molecule is NC(=NCc1ccc(CN2CCOCC2)cc1)N1CCN(c2ccc(Cl)cc2)CC1. The molecule has 2 fully saturated rings. The van der Waals surface area contributed by atoms with Crippen LogP contribution in [0, 0.1) is 0 Å². The number of hydrogen-bond acceptors (Lipinski definition) is 4. The molecule has 7 heteroatoms. The smallest absolute Gasteiger partial charge is 0.191 e. The summed E-state index contributed by atoms with van der Waals surface area (Å²) in [5, 5.41) is 0.767. The largest absolute Gasteiger partial charge is 0.379 e. The molecule has 0 aliphatic carbocycles. The summed E-state index contributed by atoms with van der Waals surface area (Å²) in [5.41, 5.74) is 9.99. The van der Waals surface area contributed by atoms with Gasteiger partial charge in [-0.2, -0.15) is 0 Å². The number of aliphatic imine (C=N–C) groups is 1. The minimum atomic E-state index is 0.612. The fraction of sp³-hybridized carbons (Fsp3) is 0.435. The number of halogens is 1. The Labute approximate surface area is 183 Å². The van der Waals surface area contributed by atoms with Crippen LogP contribution in [0.3, 0.4) is 0 Å². The maximum Gasteiger partial charge on any atom is 0.191 e. The molecule has 2 N–H and O–H groups in total. The van der Waals surface area contributed by atoms with Crippen LogP contribution in [0.4, 0.5) is 5.69 Å². The Morgan fingerprint density at radius 1 is 0.867 bits per heavy atom. The van der Waals surface area contributed by atoms with Gasteiger partial charge in [0.25, 0.3) is 0 Å². The minimum absolute atomic E-state index is 0.612. The van der Waals surface area contributed by atoms with Crippen molar-refractivity contribution in [1.29, 1.82) is 0 Å². The van der Waals surface area contributed by atoms with Gasteiger partial charge in [-0.05, 0) is 35.4 Å². The summed E-state index contributed by atoms with van der Waals surface area (Å²) in [7, 11) is 0. The highest BCUT2D eigenvalue weighted by Crippen LogP contribution is 2.19. The standard InChI is InChI=1S/C23H30ClN5O/c24-21-5-7-22(8-6-21)28-9-11-29(12-10-28)23(25)26-17-19-1-3-20(4-2-19)18-27-13-15-30-16-14-27/h1-8H,9-18H2,(H2,25,26). The van der Waals surface area contributed by atoms with E-state index in [1.165, 1.54) is 16.8 Å². The van der Waals surface area contributed by atoms with Gasteiger partial charge in [0.15, 0.2) is 5.96 Å². The highest BCUT2D eigenvalue weighted by Gasteiger charge is 2.18. The Kier molecular flexibility index (Phi) is 7.10. The van der Waals surface area contributed by atoms with Crippen LogP contribution in [0.1, 0.15) is 11.1 Å². The van der Waals surface area contributed by atoms with Gasteiger partial charge in [0, 0.05) is 56.5 Å². The van der Waals surface area contributed by atoms with Crippen LogP contribution in [-0.2, 0) is 17.8 Å². The van der Waals surface area contributed by atoms with Crippen molar-refractivity contribution < 1.29 is 4.74 Å². The molecule has 2 aliphatic heterocycles. The molecule has 0 spiro atoms. The van der Waals surface area contributed by atoms with Crippen LogP contribution in [-0.4, -0.2) is 68.2 Å². The third-order valence-corrected chi connectivity index (χ3v) is 6.00. The van der Waals surface area contributed by atoms with E-state index in [4.69, 9.17) is 22.1 Å². The van der Waals surface area contributed by atoms with E-state index in [0.717, 1.165) is 64.0 Å². The number of nitrogens with zero attached hydrogens (tertiary/aromatic N) is 4. The lowest BCUT2D eigenvalue weighted by Crippen LogP contribution is -2.51. The van der Waals surface area contributed by atoms with E-state index in [-0.39, 0.29) is 0 Å². The fourth-order valence-electron chi connectivity index (χ4n) is 3.89. The summed E-state index contributed by atoms with van der Waals surface area (Å²) in [6.45, 7) is 8.87. The molecule has 6 nitrogen and oxygen atoms in total. The van der Waals surface area contributed by atoms with E-state index in [2.05, 4.69) is 56.1 Å². The van der Waals surface area contributed by atoms with Crippen molar-refractivity contribution in [2.75, 3.05) is 57.4 Å². The summed E-state index contributed by atoms with van der Waals surface area (Å²) in [6.07, 6.45) is 0. The molecule has 0 saturated carbocycles. The molecule has 2 saturated heterocycles. The molecule has 2 aliphatic rings. The number of nitrogens with two attached hydrogens (primary N) is 1. The predicted octanol–water partition coefficient (Wildman–Crippen LogP) is 2.81. The first kappa shape index (κ1) is 21.0. The van der Waals surface area contributed by atoms with Gasteiger partial charge < -0.3 is 20.3 Å². The first-order chi connectivity index (χ1) is 14.7. The summed E-state index contributed by atoms with van der Waals surface area (Å²) in [4.78, 5) is 11.6. The van der Waals surface area contributed by atoms with E-state index >= 15 is 0 Å². The highest BCUT2D eigenvalue weighted by molar-refractivity contribution is 6.30. The average Bonchev–Trinajstić information content (AvgIpc) is 2.80. The summed E-state index contributed by atoms with van der Waals surface area (Å²) >= 11 is 5.99. The van der Waals surface area contributed by atoms with Gasteiger partial charge in [-0.1, -0.05) is 35.9 Å². The first-order valence-electron chi connectivity index (χ1n) is 10.6. The number of hydrogen-bond donors (Lipinski definition) is 1. The van der Waals surface area contributed by atoms with Crippen LogP contribution in [0.5, 0.6) is 0 Å². The predicted molar refractivity (Wildman–Crippen MR) is 123 cm³/mol. The summed E-state index contributed by atoms with van der Waals surface area (Å²) < 4.78 is 5.41. The number of morpholine rings is 1. The van der Waals surface area contributed by atoms with Crippen molar-refractivity contribution in [2.24, 2.45) is 10.7 Å². The molecular formula is C23H30ClN5O. The van der Waals surface area contributed by atoms with Crippen LogP contribution < -0.4 is 10.6 Å². The van der Waals surface area contributed by atoms with Crippen molar-refractivity contribution in [3.8, 4) is 0 Å². The van der Waals surface area contributed by atoms with Crippen molar-refractivity contribution in [1.82, 2.24) is 9.80 Å². The van der Waals surface area contributed by atoms with E-state index < -0.39 is 0 Å². The Morgan fingerprint density at radius 2 is 1.50 bits per heavy atom. The van der Waals surface area contributed by atoms with Gasteiger partial charge in [-0.25, -0.2) is 4.99 Å². The van der Waals surface area contributed by atoms with Crippen LogP contribution in [0.15, 0.2) is 53.5 Å². The van der Waals surface area contributed by atoms with Gasteiger partial charge in [0.2, 0.25) is 0 Å². The number of benzene rings is 2. The zero-order valence-electron chi connectivity index (χ0n) is 17.3. The highest BCUT2D eigenvalue weighted by atomic mass is 35.5. The zero-order chi connectivity index (χ0) is 20.8. The maximum atomic E-state index is 6.28. The first-order valence-corrected chi connectivity index (χ1v) is 11.0. The zero-order valence-corrected chi connectivity index (χ0v) is 18.1. The number of piperazine rings is 1.